The summed E-state index contributed by atoms with van der Waals surface area (Å²) in [5.74, 6) is 0. The molecule has 0 bridgehead atoms. The van der Waals surface area contributed by atoms with Gasteiger partial charge in [-0.2, -0.15) is 0 Å². The molecule has 0 aromatic heterocycles. The molecule has 0 aliphatic rings. The zero-order chi connectivity index (χ0) is 18.5. The molecule has 25 heavy (non-hydrogen) atoms. The first-order chi connectivity index (χ1) is 11.9. The summed E-state index contributed by atoms with van der Waals surface area (Å²) in [5.41, 5.74) is -1.26. The topological polar surface area (TPSA) is 87.0 Å². The third-order valence-corrected chi connectivity index (χ3v) is 7.40. The molecule has 0 radical (unpaired) electrons. The molecule has 2 aromatic carbocycles. The van der Waals surface area contributed by atoms with Gasteiger partial charge in [-0.25, -0.2) is 0 Å². The van der Waals surface area contributed by atoms with Crippen molar-refractivity contribution in [1.82, 2.24) is 0 Å². The predicted octanol–water partition coefficient (Wildman–Crippen LogP) is 2.42. The van der Waals surface area contributed by atoms with Crippen LogP contribution in [0.15, 0.2) is 57.5 Å². The van der Waals surface area contributed by atoms with Crippen molar-refractivity contribution in [3.63, 3.8) is 0 Å². The normalized spacial score (nSPS) is 12.4. The van der Waals surface area contributed by atoms with E-state index in [-0.39, 0.29) is 6.61 Å². The fraction of sp³-hybridized carbons (Fsp3) is 0.294. The van der Waals surface area contributed by atoms with Crippen LogP contribution >= 0.6 is 39.2 Å². The highest BCUT2D eigenvalue weighted by Gasteiger charge is 2.35. The number of hydrogen-bond donors (Lipinski definition) is 3. The van der Waals surface area contributed by atoms with E-state index >= 15 is 0 Å². The van der Waals surface area contributed by atoms with Gasteiger partial charge in [0.25, 0.3) is 7.37 Å². The van der Waals surface area contributed by atoms with E-state index in [1.807, 2.05) is 0 Å². The van der Waals surface area contributed by atoms with E-state index in [2.05, 4.69) is 31.9 Å². The van der Waals surface area contributed by atoms with Gasteiger partial charge in [0.05, 0.1) is 31.8 Å². The maximum atomic E-state index is 13.7. The predicted molar refractivity (Wildman–Crippen MR) is 105 cm³/mol. The number of aliphatic hydroxyl groups excluding tert-OH is 3. The number of hydrogen-bond acceptors (Lipinski definition) is 5. The lowest BCUT2D eigenvalue weighted by molar-refractivity contribution is -0.0243. The minimum atomic E-state index is -3.47. The van der Waals surface area contributed by atoms with Gasteiger partial charge in [0.1, 0.15) is 0 Å². The molecule has 0 fully saturated rings. The van der Waals surface area contributed by atoms with Crippen molar-refractivity contribution >= 4 is 49.8 Å². The highest BCUT2D eigenvalue weighted by Crippen LogP contribution is 2.46. The van der Waals surface area contributed by atoms with Crippen LogP contribution < -0.4 is 10.6 Å². The summed E-state index contributed by atoms with van der Waals surface area (Å²) in [6.45, 7) is -1.71. The third-order valence-electron chi connectivity index (χ3n) is 3.89. The van der Waals surface area contributed by atoms with Crippen LogP contribution in [0.1, 0.15) is 0 Å². The van der Waals surface area contributed by atoms with Crippen molar-refractivity contribution in [3.05, 3.63) is 57.5 Å². The maximum absolute atomic E-state index is 13.7. The van der Waals surface area contributed by atoms with Crippen LogP contribution in [-0.2, 0) is 9.09 Å². The molecule has 5 nitrogen and oxygen atoms in total. The maximum Gasteiger partial charge on any atom is 0.261 e. The molecule has 0 heterocycles. The van der Waals surface area contributed by atoms with Gasteiger partial charge in [0.15, 0.2) is 0 Å². The van der Waals surface area contributed by atoms with Crippen LogP contribution in [0.3, 0.4) is 0 Å². The number of halogens is 2. The van der Waals surface area contributed by atoms with E-state index in [0.717, 1.165) is 8.95 Å². The molecule has 0 unspecified atom stereocenters. The molecule has 2 aromatic rings. The first-order valence-corrected chi connectivity index (χ1v) is 10.7. The van der Waals surface area contributed by atoms with Crippen LogP contribution in [0.4, 0.5) is 0 Å². The van der Waals surface area contributed by atoms with Gasteiger partial charge in [0.2, 0.25) is 0 Å². The average molecular weight is 494 g/mol. The summed E-state index contributed by atoms with van der Waals surface area (Å²) in [5, 5.41) is 29.4. The highest BCUT2D eigenvalue weighted by atomic mass is 79.9. The van der Waals surface area contributed by atoms with Gasteiger partial charge < -0.3 is 19.8 Å². The summed E-state index contributed by atoms with van der Waals surface area (Å²) in [6, 6.07) is 13.9. The second-order valence-corrected chi connectivity index (χ2v) is 9.98. The van der Waals surface area contributed by atoms with Crippen LogP contribution in [0, 0.1) is 5.41 Å². The first kappa shape index (κ1) is 20.8. The summed E-state index contributed by atoms with van der Waals surface area (Å²) < 4.78 is 21.2. The molecule has 8 heteroatoms. The summed E-state index contributed by atoms with van der Waals surface area (Å²) in [4.78, 5) is 0. The zero-order valence-electron chi connectivity index (χ0n) is 13.3. The van der Waals surface area contributed by atoms with Gasteiger partial charge in [-0.1, -0.05) is 31.9 Å². The van der Waals surface area contributed by atoms with Gasteiger partial charge in [-0.05, 0) is 48.5 Å². The molecule has 0 aliphatic heterocycles. The van der Waals surface area contributed by atoms with Crippen molar-refractivity contribution in [2.75, 3.05) is 26.4 Å². The Kier molecular flexibility index (Phi) is 7.40. The van der Waals surface area contributed by atoms with Crippen molar-refractivity contribution in [3.8, 4) is 0 Å². The molecule has 0 atom stereocenters. The van der Waals surface area contributed by atoms with E-state index in [1.165, 1.54) is 0 Å². The van der Waals surface area contributed by atoms with Crippen molar-refractivity contribution < 1.29 is 24.4 Å². The lowest BCUT2D eigenvalue weighted by atomic mass is 9.93. The number of aliphatic hydroxyl groups is 3. The van der Waals surface area contributed by atoms with Crippen LogP contribution in [0.2, 0.25) is 0 Å². The molecule has 2 rings (SSSR count). The Labute approximate surface area is 163 Å². The van der Waals surface area contributed by atoms with E-state index in [9.17, 15) is 19.9 Å². The summed E-state index contributed by atoms with van der Waals surface area (Å²) >= 11 is 6.69. The standard InChI is InChI=1S/C17H19Br2O5P/c18-13-1-5-15(6-2-13)25(23,16-7-3-14(19)4-8-16)24-12-17(9-20,10-21)11-22/h1-8,20-22H,9-12H2. The van der Waals surface area contributed by atoms with Gasteiger partial charge in [-0.15, -0.1) is 0 Å². The van der Waals surface area contributed by atoms with Gasteiger partial charge in [-0.3, -0.25) is 4.57 Å². The molecule has 3 N–H and O–H groups in total. The molecule has 0 saturated heterocycles. The SMILES string of the molecule is O=P(OCC(CO)(CO)CO)(c1ccc(Br)cc1)c1ccc(Br)cc1. The first-order valence-electron chi connectivity index (χ1n) is 7.48. The summed E-state index contributed by atoms with van der Waals surface area (Å²) in [7, 11) is -3.47. The van der Waals surface area contributed by atoms with Crippen molar-refractivity contribution in [2.24, 2.45) is 5.41 Å². The number of benzene rings is 2. The van der Waals surface area contributed by atoms with E-state index in [4.69, 9.17) is 4.52 Å². The average Bonchev–Trinajstić information content (AvgIpc) is 2.64. The van der Waals surface area contributed by atoms with Gasteiger partial charge >= 0.3 is 0 Å². The Morgan fingerprint density at radius 3 is 1.48 bits per heavy atom. The van der Waals surface area contributed by atoms with Crippen LogP contribution in [-0.4, -0.2) is 41.7 Å². The Morgan fingerprint density at radius 1 is 0.800 bits per heavy atom. The van der Waals surface area contributed by atoms with E-state index < -0.39 is 32.6 Å². The fourth-order valence-corrected chi connectivity index (χ4v) is 4.75. The smallest absolute Gasteiger partial charge is 0.261 e. The minimum absolute atomic E-state index is 0.250. The molecular formula is C17H19Br2O5P. The molecule has 0 aliphatic carbocycles. The van der Waals surface area contributed by atoms with Crippen molar-refractivity contribution in [2.45, 2.75) is 0 Å². The van der Waals surface area contributed by atoms with Crippen LogP contribution in [0.5, 0.6) is 0 Å². The zero-order valence-corrected chi connectivity index (χ0v) is 17.4. The van der Waals surface area contributed by atoms with E-state index in [1.54, 1.807) is 48.5 Å². The second kappa shape index (κ2) is 8.91. The lowest BCUT2D eigenvalue weighted by Crippen LogP contribution is -2.39. The molecular weight excluding hydrogens is 475 g/mol. The Balaban J connectivity index is 2.44. The third kappa shape index (κ3) is 4.80. The molecule has 0 spiro atoms. The Morgan fingerprint density at radius 2 is 1.16 bits per heavy atom. The van der Waals surface area contributed by atoms with Crippen molar-refractivity contribution in [1.29, 1.82) is 0 Å². The molecule has 0 amide bonds. The lowest BCUT2D eigenvalue weighted by Gasteiger charge is -2.30. The highest BCUT2D eigenvalue weighted by molar-refractivity contribution is 9.10. The Hall–Kier alpha value is -0.530. The van der Waals surface area contributed by atoms with Gasteiger partial charge in [0, 0.05) is 19.6 Å². The largest absolute Gasteiger partial charge is 0.396 e. The van der Waals surface area contributed by atoms with E-state index in [0.29, 0.717) is 10.6 Å². The minimum Gasteiger partial charge on any atom is -0.396 e. The molecule has 0 saturated carbocycles. The number of rotatable bonds is 8. The monoisotopic (exact) mass is 492 g/mol. The Bertz CT molecular complexity index is 672. The quantitative estimate of drug-likeness (QED) is 0.492. The second-order valence-electron chi connectivity index (χ2n) is 5.75. The van der Waals surface area contributed by atoms with Crippen LogP contribution in [0.25, 0.3) is 0 Å². The fourth-order valence-electron chi connectivity index (χ4n) is 2.09. The summed E-state index contributed by atoms with van der Waals surface area (Å²) in [6.07, 6.45) is 0. The molecule has 136 valence electrons.